The fraction of sp³-hybridized carbons (Fsp3) is 0.350. The first-order valence-corrected chi connectivity index (χ1v) is 8.72. The first-order chi connectivity index (χ1) is 12.1. The predicted molar refractivity (Wildman–Crippen MR) is 95.3 cm³/mol. The molecule has 0 bridgehead atoms. The number of benzene rings is 1. The van der Waals surface area contributed by atoms with Gasteiger partial charge in [0.05, 0.1) is 23.3 Å². The van der Waals surface area contributed by atoms with E-state index in [1.165, 1.54) is 0 Å². The Labute approximate surface area is 146 Å². The minimum Gasteiger partial charge on any atom is -0.359 e. The molecule has 1 aromatic carbocycles. The first-order valence-electron chi connectivity index (χ1n) is 8.72. The third kappa shape index (κ3) is 3.02. The summed E-state index contributed by atoms with van der Waals surface area (Å²) >= 11 is 0. The van der Waals surface area contributed by atoms with Gasteiger partial charge in [-0.15, -0.1) is 0 Å². The van der Waals surface area contributed by atoms with E-state index in [-0.39, 0.29) is 5.91 Å². The maximum absolute atomic E-state index is 13.0. The Morgan fingerprint density at radius 3 is 3.00 bits per heavy atom. The second-order valence-corrected chi connectivity index (χ2v) is 6.89. The van der Waals surface area contributed by atoms with Crippen LogP contribution in [0.2, 0.25) is 0 Å². The van der Waals surface area contributed by atoms with Gasteiger partial charge in [-0.2, -0.15) is 0 Å². The van der Waals surface area contributed by atoms with E-state index in [1.807, 2.05) is 37.3 Å². The standard InChI is InChI=1S/C20H21N3O2/c1-12-7-8-18-16(9-12)19(15-5-3-4-6-17(15)22-18)20(24)21-11-14-10-13(2)23-25-14/h3-6,10,12H,7-9,11H2,1-2H3,(H,21,24). The van der Waals surface area contributed by atoms with E-state index in [4.69, 9.17) is 9.51 Å². The minimum absolute atomic E-state index is 0.0713. The number of nitrogens with one attached hydrogen (secondary N) is 1. The van der Waals surface area contributed by atoms with Gasteiger partial charge in [-0.3, -0.25) is 9.78 Å². The summed E-state index contributed by atoms with van der Waals surface area (Å²) < 4.78 is 5.19. The average molecular weight is 335 g/mol. The molecule has 25 heavy (non-hydrogen) atoms. The molecule has 0 saturated carbocycles. The van der Waals surface area contributed by atoms with Crippen LogP contribution in [0.1, 0.15) is 46.4 Å². The molecular weight excluding hydrogens is 314 g/mol. The molecular formula is C20H21N3O2. The number of rotatable bonds is 3. The van der Waals surface area contributed by atoms with Gasteiger partial charge in [-0.1, -0.05) is 30.3 Å². The van der Waals surface area contributed by atoms with Crippen molar-refractivity contribution in [2.45, 2.75) is 39.7 Å². The summed E-state index contributed by atoms with van der Waals surface area (Å²) in [5.74, 6) is 1.16. The SMILES string of the molecule is Cc1cc(CNC(=O)c2c3c(nc4ccccc24)CCC(C)C3)on1. The van der Waals surface area contributed by atoms with Crippen molar-refractivity contribution in [1.82, 2.24) is 15.5 Å². The van der Waals surface area contributed by atoms with Gasteiger partial charge < -0.3 is 9.84 Å². The van der Waals surface area contributed by atoms with E-state index in [1.54, 1.807) is 0 Å². The number of para-hydroxylation sites is 1. The van der Waals surface area contributed by atoms with Crippen LogP contribution in [0.5, 0.6) is 0 Å². The summed E-state index contributed by atoms with van der Waals surface area (Å²) in [6.07, 6.45) is 2.96. The molecule has 5 nitrogen and oxygen atoms in total. The summed E-state index contributed by atoms with van der Waals surface area (Å²) in [6, 6.07) is 9.72. The van der Waals surface area contributed by atoms with Gasteiger partial charge in [0.1, 0.15) is 0 Å². The smallest absolute Gasteiger partial charge is 0.252 e. The van der Waals surface area contributed by atoms with Crippen LogP contribution in [-0.2, 0) is 19.4 Å². The van der Waals surface area contributed by atoms with Crippen molar-refractivity contribution < 1.29 is 9.32 Å². The second kappa shape index (κ2) is 6.31. The maximum Gasteiger partial charge on any atom is 0.252 e. The van der Waals surface area contributed by atoms with Crippen LogP contribution in [-0.4, -0.2) is 16.0 Å². The lowest BCUT2D eigenvalue weighted by Crippen LogP contribution is -2.27. The van der Waals surface area contributed by atoms with Gasteiger partial charge in [0.25, 0.3) is 5.91 Å². The second-order valence-electron chi connectivity index (χ2n) is 6.89. The van der Waals surface area contributed by atoms with Crippen molar-refractivity contribution in [3.63, 3.8) is 0 Å². The topological polar surface area (TPSA) is 68.0 Å². The van der Waals surface area contributed by atoms with Crippen LogP contribution in [0.3, 0.4) is 0 Å². The number of hydrogen-bond acceptors (Lipinski definition) is 4. The van der Waals surface area contributed by atoms with E-state index in [0.717, 1.165) is 52.7 Å². The van der Waals surface area contributed by atoms with Crippen molar-refractivity contribution in [1.29, 1.82) is 0 Å². The van der Waals surface area contributed by atoms with Crippen molar-refractivity contribution in [3.05, 3.63) is 58.6 Å². The zero-order valence-corrected chi connectivity index (χ0v) is 14.5. The van der Waals surface area contributed by atoms with Gasteiger partial charge in [0.2, 0.25) is 0 Å². The molecule has 0 aliphatic heterocycles. The van der Waals surface area contributed by atoms with E-state index in [2.05, 4.69) is 17.4 Å². The molecule has 1 N–H and O–H groups in total. The molecule has 3 aromatic rings. The Kier molecular flexibility index (Phi) is 3.99. The third-order valence-electron chi connectivity index (χ3n) is 4.83. The maximum atomic E-state index is 13.0. The number of hydrogen-bond donors (Lipinski definition) is 1. The van der Waals surface area contributed by atoms with Gasteiger partial charge >= 0.3 is 0 Å². The van der Waals surface area contributed by atoms with Gasteiger partial charge in [-0.25, -0.2) is 0 Å². The van der Waals surface area contributed by atoms with Crippen LogP contribution < -0.4 is 5.32 Å². The molecule has 1 atom stereocenters. The average Bonchev–Trinajstić information content (AvgIpc) is 3.03. The highest BCUT2D eigenvalue weighted by atomic mass is 16.5. The summed E-state index contributed by atoms with van der Waals surface area (Å²) in [5, 5.41) is 7.76. The van der Waals surface area contributed by atoms with Crippen LogP contribution in [0.15, 0.2) is 34.9 Å². The molecule has 2 aromatic heterocycles. The normalized spacial score (nSPS) is 16.6. The fourth-order valence-electron chi connectivity index (χ4n) is 3.58. The van der Waals surface area contributed by atoms with Gasteiger partial charge in [0, 0.05) is 17.1 Å². The molecule has 1 unspecified atom stereocenters. The van der Waals surface area contributed by atoms with Gasteiger partial charge in [0.15, 0.2) is 5.76 Å². The highest BCUT2D eigenvalue weighted by Crippen LogP contribution is 2.31. The third-order valence-corrected chi connectivity index (χ3v) is 4.83. The molecule has 0 saturated heterocycles. The molecule has 0 spiro atoms. The number of nitrogens with zero attached hydrogens (tertiary/aromatic N) is 2. The molecule has 128 valence electrons. The predicted octanol–water partition coefficient (Wildman–Crippen LogP) is 3.59. The van der Waals surface area contributed by atoms with Crippen molar-refractivity contribution in [2.75, 3.05) is 0 Å². The van der Waals surface area contributed by atoms with Crippen molar-refractivity contribution in [2.24, 2.45) is 5.92 Å². The van der Waals surface area contributed by atoms with Crippen LogP contribution in [0.4, 0.5) is 0 Å². The number of carbonyl (C=O) groups is 1. The lowest BCUT2D eigenvalue weighted by molar-refractivity contribution is 0.0947. The number of amides is 1. The number of aromatic nitrogens is 2. The minimum atomic E-state index is -0.0713. The van der Waals surface area contributed by atoms with Gasteiger partial charge in [-0.05, 0) is 43.7 Å². The molecule has 2 heterocycles. The zero-order valence-electron chi connectivity index (χ0n) is 14.5. The lowest BCUT2D eigenvalue weighted by atomic mass is 9.84. The first kappa shape index (κ1) is 15.8. The van der Waals surface area contributed by atoms with Crippen LogP contribution in [0.25, 0.3) is 10.9 Å². The lowest BCUT2D eigenvalue weighted by Gasteiger charge is -2.24. The molecule has 0 radical (unpaired) electrons. The molecule has 1 amide bonds. The summed E-state index contributed by atoms with van der Waals surface area (Å²) in [5.41, 5.74) is 4.63. The molecule has 4 rings (SSSR count). The summed E-state index contributed by atoms with van der Waals surface area (Å²) in [6.45, 7) is 4.43. The zero-order chi connectivity index (χ0) is 17.4. The Bertz CT molecular complexity index is 945. The van der Waals surface area contributed by atoms with E-state index in [9.17, 15) is 4.79 Å². The summed E-state index contributed by atoms with van der Waals surface area (Å²) in [4.78, 5) is 17.8. The number of carbonyl (C=O) groups excluding carboxylic acids is 1. The highest BCUT2D eigenvalue weighted by Gasteiger charge is 2.25. The number of fused-ring (bicyclic) bond motifs is 2. The van der Waals surface area contributed by atoms with E-state index in [0.29, 0.717) is 18.2 Å². The Balaban J connectivity index is 1.73. The molecule has 0 fully saturated rings. The highest BCUT2D eigenvalue weighted by molar-refractivity contribution is 6.07. The number of pyridine rings is 1. The largest absolute Gasteiger partial charge is 0.359 e. The number of aryl methyl sites for hydroxylation is 2. The van der Waals surface area contributed by atoms with Crippen LogP contribution >= 0.6 is 0 Å². The molecule has 1 aliphatic rings. The van der Waals surface area contributed by atoms with E-state index < -0.39 is 0 Å². The van der Waals surface area contributed by atoms with E-state index >= 15 is 0 Å². The summed E-state index contributed by atoms with van der Waals surface area (Å²) in [7, 11) is 0. The Morgan fingerprint density at radius 1 is 1.36 bits per heavy atom. The Hall–Kier alpha value is -2.69. The monoisotopic (exact) mass is 335 g/mol. The van der Waals surface area contributed by atoms with Crippen molar-refractivity contribution in [3.8, 4) is 0 Å². The fourth-order valence-corrected chi connectivity index (χ4v) is 3.58. The van der Waals surface area contributed by atoms with Crippen molar-refractivity contribution >= 4 is 16.8 Å². The quantitative estimate of drug-likeness (QED) is 0.794. The molecule has 1 aliphatic carbocycles. The van der Waals surface area contributed by atoms with Crippen LogP contribution in [0, 0.1) is 12.8 Å². The Morgan fingerprint density at radius 2 is 2.20 bits per heavy atom. The molecule has 5 heteroatoms.